The molecule has 1 amide bonds. The molecule has 0 fully saturated rings. The number of amides is 1. The van der Waals surface area contributed by atoms with E-state index in [4.69, 9.17) is 5.11 Å². The molecule has 1 aromatic heterocycles. The summed E-state index contributed by atoms with van der Waals surface area (Å²) in [6.07, 6.45) is 4.80. The number of thioether (sulfide) groups is 1. The number of rotatable bonds is 7. The zero-order valence-electron chi connectivity index (χ0n) is 9.78. The first-order valence-electron chi connectivity index (χ1n) is 5.26. The van der Waals surface area contributed by atoms with Crippen molar-refractivity contribution >= 4 is 23.6 Å². The molecule has 1 N–H and O–H groups in total. The number of pyridine rings is 1. The molecule has 0 aliphatic carbocycles. The van der Waals surface area contributed by atoms with E-state index < -0.39 is 5.97 Å². The minimum absolute atomic E-state index is 0.200. The van der Waals surface area contributed by atoms with Gasteiger partial charge in [-0.2, -0.15) is 0 Å². The van der Waals surface area contributed by atoms with Crippen LogP contribution >= 0.6 is 11.8 Å². The lowest BCUT2D eigenvalue weighted by Gasteiger charge is -2.18. The van der Waals surface area contributed by atoms with Gasteiger partial charge in [0, 0.05) is 23.8 Å². The van der Waals surface area contributed by atoms with E-state index in [0.29, 0.717) is 0 Å². The molecule has 0 spiro atoms. The molecule has 18 heavy (non-hydrogen) atoms. The normalized spacial score (nSPS) is 9.78. The summed E-state index contributed by atoms with van der Waals surface area (Å²) in [4.78, 5) is 28.5. The third-order valence-corrected chi connectivity index (χ3v) is 3.04. The standard InChI is InChI=1S/C12H14N2O3S/c1-2-7-14(8-12(16)17)11(15)9-18-10-3-5-13-6-4-10/h2-6H,1,7-9H2,(H,16,17). The lowest BCUT2D eigenvalue weighted by atomic mass is 10.4. The van der Waals surface area contributed by atoms with Gasteiger partial charge >= 0.3 is 5.97 Å². The first-order valence-corrected chi connectivity index (χ1v) is 6.25. The highest BCUT2D eigenvalue weighted by Crippen LogP contribution is 2.16. The number of carbonyl (C=O) groups is 2. The number of nitrogens with zero attached hydrogens (tertiary/aromatic N) is 2. The van der Waals surface area contributed by atoms with Crippen LogP contribution in [0.3, 0.4) is 0 Å². The molecule has 0 unspecified atom stereocenters. The van der Waals surface area contributed by atoms with E-state index in [9.17, 15) is 9.59 Å². The Bertz CT molecular complexity index is 423. The number of aliphatic carboxylic acids is 1. The Kier molecular flexibility index (Phi) is 5.93. The Morgan fingerprint density at radius 1 is 1.44 bits per heavy atom. The summed E-state index contributed by atoms with van der Waals surface area (Å²) in [6.45, 7) is 3.44. The summed E-state index contributed by atoms with van der Waals surface area (Å²) >= 11 is 1.35. The molecule has 1 heterocycles. The Morgan fingerprint density at radius 3 is 2.67 bits per heavy atom. The van der Waals surface area contributed by atoms with Crippen molar-refractivity contribution in [2.24, 2.45) is 0 Å². The molecule has 5 nitrogen and oxygen atoms in total. The highest BCUT2D eigenvalue weighted by Gasteiger charge is 2.15. The molecule has 96 valence electrons. The summed E-state index contributed by atoms with van der Waals surface area (Å²) in [5.41, 5.74) is 0. The van der Waals surface area contributed by atoms with Crippen LogP contribution in [0.25, 0.3) is 0 Å². The van der Waals surface area contributed by atoms with Crippen molar-refractivity contribution in [3.63, 3.8) is 0 Å². The van der Waals surface area contributed by atoms with Crippen LogP contribution in [-0.2, 0) is 9.59 Å². The number of carbonyl (C=O) groups excluding carboxylic acids is 1. The van der Waals surface area contributed by atoms with E-state index in [0.717, 1.165) is 4.90 Å². The summed E-state index contributed by atoms with van der Waals surface area (Å²) in [6, 6.07) is 3.60. The van der Waals surface area contributed by atoms with Crippen LogP contribution in [0.15, 0.2) is 42.1 Å². The predicted octanol–water partition coefficient (Wildman–Crippen LogP) is 1.27. The second kappa shape index (κ2) is 7.50. The van der Waals surface area contributed by atoms with Gasteiger partial charge in [-0.05, 0) is 12.1 Å². The second-order valence-electron chi connectivity index (χ2n) is 3.43. The van der Waals surface area contributed by atoms with Gasteiger partial charge in [-0.15, -0.1) is 18.3 Å². The van der Waals surface area contributed by atoms with Crippen LogP contribution in [0, 0.1) is 0 Å². The van der Waals surface area contributed by atoms with Gasteiger partial charge in [-0.25, -0.2) is 0 Å². The van der Waals surface area contributed by atoms with Crippen molar-refractivity contribution in [2.45, 2.75) is 4.90 Å². The van der Waals surface area contributed by atoms with Gasteiger partial charge in [0.15, 0.2) is 0 Å². The van der Waals surface area contributed by atoms with E-state index in [1.165, 1.54) is 22.7 Å². The molecule has 0 aromatic carbocycles. The topological polar surface area (TPSA) is 70.5 Å². The molecule has 0 radical (unpaired) electrons. The monoisotopic (exact) mass is 266 g/mol. The first-order chi connectivity index (χ1) is 8.63. The summed E-state index contributed by atoms with van der Waals surface area (Å²) in [7, 11) is 0. The zero-order valence-corrected chi connectivity index (χ0v) is 10.6. The number of carboxylic acids is 1. The van der Waals surface area contributed by atoms with Crippen molar-refractivity contribution < 1.29 is 14.7 Å². The molecule has 0 aliphatic heterocycles. The highest BCUT2D eigenvalue weighted by molar-refractivity contribution is 8.00. The van der Waals surface area contributed by atoms with Crippen molar-refractivity contribution in [3.05, 3.63) is 37.2 Å². The molecule has 1 rings (SSSR count). The van der Waals surface area contributed by atoms with E-state index in [1.807, 2.05) is 0 Å². The lowest BCUT2D eigenvalue weighted by Crippen LogP contribution is -2.36. The highest BCUT2D eigenvalue weighted by atomic mass is 32.2. The SMILES string of the molecule is C=CCN(CC(=O)O)C(=O)CSc1ccncc1. The van der Waals surface area contributed by atoms with Crippen molar-refractivity contribution in [1.82, 2.24) is 9.88 Å². The van der Waals surface area contributed by atoms with Crippen LogP contribution in [-0.4, -0.2) is 45.7 Å². The van der Waals surface area contributed by atoms with Gasteiger partial charge in [-0.1, -0.05) is 6.08 Å². The lowest BCUT2D eigenvalue weighted by molar-refractivity contribution is -0.143. The van der Waals surface area contributed by atoms with Gasteiger partial charge in [-0.3, -0.25) is 14.6 Å². The average Bonchev–Trinajstić information content (AvgIpc) is 2.36. The van der Waals surface area contributed by atoms with Crippen LogP contribution in [0.5, 0.6) is 0 Å². The summed E-state index contributed by atoms with van der Waals surface area (Å²) in [5.74, 6) is -1.05. The third kappa shape index (κ3) is 5.01. The van der Waals surface area contributed by atoms with E-state index in [-0.39, 0.29) is 24.7 Å². The fourth-order valence-electron chi connectivity index (χ4n) is 1.24. The van der Waals surface area contributed by atoms with Gasteiger partial charge in [0.2, 0.25) is 5.91 Å². The quantitative estimate of drug-likeness (QED) is 0.594. The Morgan fingerprint density at radius 2 is 2.11 bits per heavy atom. The number of carboxylic acid groups (broad SMARTS) is 1. The van der Waals surface area contributed by atoms with E-state index >= 15 is 0 Å². The maximum atomic E-state index is 11.8. The van der Waals surface area contributed by atoms with Crippen LogP contribution in [0.2, 0.25) is 0 Å². The van der Waals surface area contributed by atoms with E-state index in [1.54, 1.807) is 24.5 Å². The molecule has 6 heteroatoms. The molecular formula is C12H14N2O3S. The van der Waals surface area contributed by atoms with Gasteiger partial charge in [0.05, 0.1) is 5.75 Å². The number of aromatic nitrogens is 1. The first kappa shape index (κ1) is 14.2. The Hall–Kier alpha value is -1.82. The Balaban J connectivity index is 2.51. The van der Waals surface area contributed by atoms with Crippen LogP contribution in [0.1, 0.15) is 0 Å². The molecule has 0 aliphatic rings. The molecule has 0 atom stereocenters. The van der Waals surface area contributed by atoms with Crippen molar-refractivity contribution in [3.8, 4) is 0 Å². The van der Waals surface area contributed by atoms with Crippen LogP contribution < -0.4 is 0 Å². The maximum Gasteiger partial charge on any atom is 0.323 e. The van der Waals surface area contributed by atoms with Gasteiger partial charge < -0.3 is 10.0 Å². The van der Waals surface area contributed by atoms with Crippen molar-refractivity contribution in [2.75, 3.05) is 18.8 Å². The fourth-order valence-corrected chi connectivity index (χ4v) is 2.03. The molecule has 0 saturated heterocycles. The molecule has 1 aromatic rings. The zero-order chi connectivity index (χ0) is 13.4. The Labute approximate surface area is 110 Å². The fraction of sp³-hybridized carbons (Fsp3) is 0.250. The minimum atomic E-state index is -1.03. The van der Waals surface area contributed by atoms with Gasteiger partial charge in [0.1, 0.15) is 6.54 Å². The van der Waals surface area contributed by atoms with Gasteiger partial charge in [0.25, 0.3) is 0 Å². The molecule has 0 bridgehead atoms. The smallest absolute Gasteiger partial charge is 0.323 e. The summed E-state index contributed by atoms with van der Waals surface area (Å²) < 4.78 is 0. The maximum absolute atomic E-state index is 11.8. The van der Waals surface area contributed by atoms with Crippen LogP contribution in [0.4, 0.5) is 0 Å². The van der Waals surface area contributed by atoms with E-state index in [2.05, 4.69) is 11.6 Å². The largest absolute Gasteiger partial charge is 0.480 e. The molecular weight excluding hydrogens is 252 g/mol. The van der Waals surface area contributed by atoms with Crippen molar-refractivity contribution in [1.29, 1.82) is 0 Å². The molecule has 0 saturated carbocycles. The average molecular weight is 266 g/mol. The summed E-state index contributed by atoms with van der Waals surface area (Å²) in [5, 5.41) is 8.70. The predicted molar refractivity (Wildman–Crippen MR) is 69.4 cm³/mol. The third-order valence-electron chi connectivity index (χ3n) is 2.04. The number of hydrogen-bond acceptors (Lipinski definition) is 4. The number of hydrogen-bond donors (Lipinski definition) is 1. The second-order valence-corrected chi connectivity index (χ2v) is 4.48. The minimum Gasteiger partial charge on any atom is -0.480 e.